The number of amides is 2. The van der Waals surface area contributed by atoms with Gasteiger partial charge in [0.05, 0.1) is 0 Å². The van der Waals surface area contributed by atoms with Crippen LogP contribution in [-0.2, 0) is 16.1 Å². The van der Waals surface area contributed by atoms with Crippen molar-refractivity contribution in [3.05, 3.63) is 75.7 Å². The highest BCUT2D eigenvalue weighted by atomic mass is 32.1. The van der Waals surface area contributed by atoms with E-state index in [0.717, 1.165) is 16.9 Å². The van der Waals surface area contributed by atoms with E-state index in [4.69, 9.17) is 17.0 Å². The Balaban J connectivity index is 1.69. The maximum absolute atomic E-state index is 12.7. The van der Waals surface area contributed by atoms with Crippen LogP contribution in [0.4, 0.5) is 9.93 Å². The maximum Gasteiger partial charge on any atom is 0.408 e. The van der Waals surface area contributed by atoms with Gasteiger partial charge in [-0.05, 0) is 23.3 Å². The molecule has 1 unspecified atom stereocenters. The lowest BCUT2D eigenvalue weighted by Gasteiger charge is -2.18. The number of aromatic nitrogens is 2. The minimum absolute atomic E-state index is 0.108. The first kappa shape index (κ1) is 18.7. The van der Waals surface area contributed by atoms with Crippen LogP contribution < -0.4 is 10.6 Å². The molecule has 138 valence electrons. The summed E-state index contributed by atoms with van der Waals surface area (Å²) < 4.78 is 5.66. The zero-order valence-corrected chi connectivity index (χ0v) is 15.7. The molecule has 0 spiro atoms. The molecule has 0 bridgehead atoms. The van der Waals surface area contributed by atoms with Crippen molar-refractivity contribution in [1.29, 1.82) is 0 Å². The van der Waals surface area contributed by atoms with Gasteiger partial charge in [-0.2, -0.15) is 0 Å². The van der Waals surface area contributed by atoms with E-state index in [1.54, 1.807) is 24.3 Å². The van der Waals surface area contributed by atoms with Crippen molar-refractivity contribution in [2.75, 3.05) is 5.32 Å². The molecule has 2 aromatic carbocycles. The Morgan fingerprint density at radius 2 is 1.78 bits per heavy atom. The fraction of sp³-hybridized carbons (Fsp3) is 0.111. The van der Waals surface area contributed by atoms with Gasteiger partial charge in [0.1, 0.15) is 12.6 Å². The Morgan fingerprint density at radius 3 is 2.41 bits per heavy atom. The van der Waals surface area contributed by atoms with Crippen LogP contribution in [0.25, 0.3) is 0 Å². The molecule has 2 amide bonds. The third-order valence-electron chi connectivity index (χ3n) is 3.54. The number of H-pyrrole nitrogens is 1. The molecule has 0 aliphatic rings. The molecule has 9 heteroatoms. The Morgan fingerprint density at radius 1 is 1.11 bits per heavy atom. The molecule has 3 N–H and O–H groups in total. The zero-order valence-electron chi connectivity index (χ0n) is 14.0. The van der Waals surface area contributed by atoms with Crippen LogP contribution in [0.15, 0.2) is 60.7 Å². The third kappa shape index (κ3) is 5.47. The number of rotatable bonds is 6. The topological polar surface area (TPSA) is 96.1 Å². The number of nitrogens with one attached hydrogen (secondary N) is 3. The van der Waals surface area contributed by atoms with E-state index in [1.807, 2.05) is 36.4 Å². The molecule has 1 heterocycles. The van der Waals surface area contributed by atoms with Crippen LogP contribution in [0.3, 0.4) is 0 Å². The summed E-state index contributed by atoms with van der Waals surface area (Å²) in [6, 6.07) is 17.2. The van der Waals surface area contributed by atoms with Crippen LogP contribution in [0.1, 0.15) is 17.2 Å². The number of aromatic amines is 1. The van der Waals surface area contributed by atoms with Crippen molar-refractivity contribution in [2.24, 2.45) is 0 Å². The fourth-order valence-electron chi connectivity index (χ4n) is 2.29. The summed E-state index contributed by atoms with van der Waals surface area (Å²) in [5.41, 5.74) is 1.47. The zero-order chi connectivity index (χ0) is 19.1. The third-order valence-corrected chi connectivity index (χ3v) is 4.54. The number of alkyl carbamates (subject to hydrolysis) is 1. The molecule has 27 heavy (non-hydrogen) atoms. The molecule has 0 saturated heterocycles. The second-order valence-corrected chi connectivity index (χ2v) is 7.12. The molecule has 0 radical (unpaired) electrons. The van der Waals surface area contributed by atoms with Crippen LogP contribution in [0.2, 0.25) is 0 Å². The Labute approximate surface area is 164 Å². The van der Waals surface area contributed by atoms with E-state index in [-0.39, 0.29) is 6.61 Å². The highest BCUT2D eigenvalue weighted by molar-refractivity contribution is 7.73. The van der Waals surface area contributed by atoms with Gasteiger partial charge in [-0.3, -0.25) is 15.2 Å². The summed E-state index contributed by atoms with van der Waals surface area (Å²) in [6.45, 7) is 0.108. The van der Waals surface area contributed by atoms with E-state index in [0.29, 0.717) is 14.6 Å². The van der Waals surface area contributed by atoms with Gasteiger partial charge < -0.3 is 10.1 Å². The van der Waals surface area contributed by atoms with Crippen molar-refractivity contribution < 1.29 is 14.3 Å². The van der Waals surface area contributed by atoms with Crippen molar-refractivity contribution in [1.82, 2.24) is 15.5 Å². The minimum Gasteiger partial charge on any atom is -0.445 e. The van der Waals surface area contributed by atoms with Gasteiger partial charge in [0.15, 0.2) is 3.95 Å². The highest BCUT2D eigenvalue weighted by Crippen LogP contribution is 2.18. The number of carbonyl (C=O) groups is 2. The molecule has 3 aromatic rings. The predicted molar refractivity (Wildman–Crippen MR) is 105 cm³/mol. The van der Waals surface area contributed by atoms with E-state index < -0.39 is 18.0 Å². The first-order valence-corrected chi connectivity index (χ1v) is 9.23. The van der Waals surface area contributed by atoms with Crippen LogP contribution in [0.5, 0.6) is 0 Å². The minimum atomic E-state index is -0.938. The summed E-state index contributed by atoms with van der Waals surface area (Å²) in [5, 5.41) is 12.1. The highest BCUT2D eigenvalue weighted by Gasteiger charge is 2.24. The summed E-state index contributed by atoms with van der Waals surface area (Å²) in [5.74, 6) is -0.449. The number of carbonyl (C=O) groups excluding carboxylic acids is 2. The van der Waals surface area contributed by atoms with E-state index in [1.165, 1.54) is 0 Å². The lowest BCUT2D eigenvalue weighted by atomic mass is 10.1. The Bertz CT molecular complexity index is 957. The van der Waals surface area contributed by atoms with Crippen molar-refractivity contribution in [2.45, 2.75) is 12.6 Å². The van der Waals surface area contributed by atoms with Gasteiger partial charge in [-0.15, -0.1) is 5.10 Å². The van der Waals surface area contributed by atoms with Crippen molar-refractivity contribution >= 4 is 40.7 Å². The lowest BCUT2D eigenvalue weighted by molar-refractivity contribution is -0.118. The van der Waals surface area contributed by atoms with E-state index in [2.05, 4.69) is 20.8 Å². The molecule has 0 aliphatic carbocycles. The lowest BCUT2D eigenvalue weighted by Crippen LogP contribution is -2.37. The molecule has 1 aromatic heterocycles. The predicted octanol–water partition coefficient (Wildman–Crippen LogP) is 3.81. The van der Waals surface area contributed by atoms with Gasteiger partial charge in [-0.1, -0.05) is 72.0 Å². The van der Waals surface area contributed by atoms with Gasteiger partial charge >= 0.3 is 6.09 Å². The number of hydrogen-bond donors (Lipinski definition) is 3. The van der Waals surface area contributed by atoms with Crippen LogP contribution in [-0.4, -0.2) is 22.2 Å². The Hall–Kier alpha value is -3.04. The van der Waals surface area contributed by atoms with Gasteiger partial charge in [0.25, 0.3) is 5.91 Å². The number of ether oxygens (including phenoxy) is 1. The monoisotopic (exact) mass is 400 g/mol. The summed E-state index contributed by atoms with van der Waals surface area (Å²) in [4.78, 5) is 24.9. The van der Waals surface area contributed by atoms with E-state index in [9.17, 15) is 9.59 Å². The standard InChI is InChI=1S/C18H16N4O3S2/c23-15(20-16-21-22-18(26)27-16)14(13-9-5-2-6-10-13)19-17(24)25-11-12-7-3-1-4-8-12/h1-10,14H,11H2,(H,19,24)(H,22,26)(H,20,21,23). The molecular formula is C18H16N4O3S2. The average Bonchev–Trinajstić information content (AvgIpc) is 3.10. The summed E-state index contributed by atoms with van der Waals surface area (Å²) in [6.07, 6.45) is -0.697. The quantitative estimate of drug-likeness (QED) is 0.547. The molecule has 3 rings (SSSR count). The molecule has 7 nitrogen and oxygen atoms in total. The SMILES string of the molecule is O=C(NC(C(=O)Nc1n[nH]c(=S)s1)c1ccccc1)OCc1ccccc1. The molecular weight excluding hydrogens is 384 g/mol. The first-order valence-electron chi connectivity index (χ1n) is 8.00. The van der Waals surface area contributed by atoms with Gasteiger partial charge in [-0.25, -0.2) is 4.79 Å². The second-order valence-electron chi connectivity index (χ2n) is 5.46. The largest absolute Gasteiger partial charge is 0.445 e. The number of benzene rings is 2. The second kappa shape index (κ2) is 9.06. The first-order chi connectivity index (χ1) is 13.1. The molecule has 0 fully saturated rings. The van der Waals surface area contributed by atoms with Crippen molar-refractivity contribution in [3.63, 3.8) is 0 Å². The van der Waals surface area contributed by atoms with E-state index >= 15 is 0 Å². The normalized spacial score (nSPS) is 11.4. The van der Waals surface area contributed by atoms with Gasteiger partial charge in [0, 0.05) is 0 Å². The number of anilines is 1. The fourth-order valence-corrected chi connectivity index (χ4v) is 3.08. The Kier molecular flexibility index (Phi) is 6.29. The smallest absolute Gasteiger partial charge is 0.408 e. The van der Waals surface area contributed by atoms with Crippen LogP contribution in [0, 0.1) is 3.95 Å². The maximum atomic E-state index is 12.7. The molecule has 1 atom stereocenters. The molecule has 0 aliphatic heterocycles. The van der Waals surface area contributed by atoms with Crippen LogP contribution >= 0.6 is 23.6 Å². The summed E-state index contributed by atoms with van der Waals surface area (Å²) in [7, 11) is 0. The number of nitrogens with zero attached hydrogens (tertiary/aromatic N) is 1. The van der Waals surface area contributed by atoms with Crippen molar-refractivity contribution in [3.8, 4) is 0 Å². The number of hydrogen-bond acceptors (Lipinski definition) is 6. The average molecular weight is 400 g/mol. The summed E-state index contributed by atoms with van der Waals surface area (Å²) >= 11 is 6.08. The molecule has 0 saturated carbocycles. The van der Waals surface area contributed by atoms with Gasteiger partial charge in [0.2, 0.25) is 5.13 Å².